The number of nitrogens with one attached hydrogen (secondary N) is 1. The van der Waals surface area contributed by atoms with E-state index in [0.717, 1.165) is 18.2 Å². The Kier molecular flexibility index (Phi) is 6.06. The highest BCUT2D eigenvalue weighted by atomic mass is 16.5. The molecule has 2 atom stereocenters. The summed E-state index contributed by atoms with van der Waals surface area (Å²) in [6.45, 7) is 11.9. The summed E-state index contributed by atoms with van der Waals surface area (Å²) in [5, 5.41) is 3.44. The Bertz CT molecular complexity index is 426. The number of imidazole rings is 1. The standard InChI is InChI=1S/C16H30N4O/c1-13(9-19-7-5-6-8-19)10-20-11-14(2)17-16(20)18-15(3)12-21-4/h11,13,15H,5-10,12H2,1-4H3,(H,17,18). The highest BCUT2D eigenvalue weighted by Gasteiger charge is 2.16. The molecule has 0 radical (unpaired) electrons. The molecule has 1 aromatic rings. The fourth-order valence-corrected chi connectivity index (χ4v) is 3.11. The Morgan fingerprint density at radius 3 is 2.67 bits per heavy atom. The maximum absolute atomic E-state index is 5.19. The number of anilines is 1. The molecule has 5 heteroatoms. The number of ether oxygens (including phenoxy) is 1. The van der Waals surface area contributed by atoms with Crippen LogP contribution in [0, 0.1) is 12.8 Å². The molecule has 1 saturated heterocycles. The van der Waals surface area contributed by atoms with Crippen molar-refractivity contribution in [3.05, 3.63) is 11.9 Å². The molecule has 1 aromatic heterocycles. The quantitative estimate of drug-likeness (QED) is 0.799. The van der Waals surface area contributed by atoms with Crippen LogP contribution in [0.4, 0.5) is 5.95 Å². The van der Waals surface area contributed by atoms with Crippen molar-refractivity contribution in [1.82, 2.24) is 14.5 Å². The summed E-state index contributed by atoms with van der Waals surface area (Å²) in [6.07, 6.45) is 4.86. The fourth-order valence-electron chi connectivity index (χ4n) is 3.11. The van der Waals surface area contributed by atoms with Gasteiger partial charge in [0.2, 0.25) is 5.95 Å². The molecule has 0 bridgehead atoms. The van der Waals surface area contributed by atoms with E-state index in [1.807, 2.05) is 6.92 Å². The van der Waals surface area contributed by atoms with Crippen LogP contribution in [0.1, 0.15) is 32.4 Å². The second kappa shape index (κ2) is 7.80. The zero-order valence-electron chi connectivity index (χ0n) is 13.9. The molecule has 2 heterocycles. The van der Waals surface area contributed by atoms with Gasteiger partial charge in [-0.15, -0.1) is 0 Å². The van der Waals surface area contributed by atoms with Crippen molar-refractivity contribution in [2.75, 3.05) is 38.7 Å². The number of likely N-dealkylation sites (tertiary alicyclic amines) is 1. The van der Waals surface area contributed by atoms with E-state index in [4.69, 9.17) is 4.74 Å². The predicted octanol–water partition coefficient (Wildman–Crippen LogP) is 2.37. The first kappa shape index (κ1) is 16.3. The Morgan fingerprint density at radius 2 is 2.00 bits per heavy atom. The lowest BCUT2D eigenvalue weighted by Crippen LogP contribution is -2.28. The third kappa shape index (κ3) is 5.00. The summed E-state index contributed by atoms with van der Waals surface area (Å²) in [5.74, 6) is 1.60. The lowest BCUT2D eigenvalue weighted by molar-refractivity contribution is 0.190. The van der Waals surface area contributed by atoms with Crippen molar-refractivity contribution >= 4 is 5.95 Å². The van der Waals surface area contributed by atoms with Crippen molar-refractivity contribution in [1.29, 1.82) is 0 Å². The van der Waals surface area contributed by atoms with Crippen LogP contribution in [0.3, 0.4) is 0 Å². The average Bonchev–Trinajstić information content (AvgIpc) is 3.00. The van der Waals surface area contributed by atoms with E-state index in [9.17, 15) is 0 Å². The lowest BCUT2D eigenvalue weighted by atomic mass is 10.1. The van der Waals surface area contributed by atoms with Crippen LogP contribution in [0.15, 0.2) is 6.20 Å². The number of hydrogen-bond acceptors (Lipinski definition) is 4. The number of aryl methyl sites for hydroxylation is 1. The van der Waals surface area contributed by atoms with Gasteiger partial charge in [0.1, 0.15) is 0 Å². The summed E-state index contributed by atoms with van der Waals surface area (Å²) >= 11 is 0. The first-order valence-corrected chi connectivity index (χ1v) is 8.10. The lowest BCUT2D eigenvalue weighted by Gasteiger charge is -2.22. The molecular formula is C16H30N4O. The monoisotopic (exact) mass is 294 g/mol. The van der Waals surface area contributed by atoms with Gasteiger partial charge in [-0.1, -0.05) is 6.92 Å². The van der Waals surface area contributed by atoms with E-state index in [2.05, 4.69) is 39.8 Å². The van der Waals surface area contributed by atoms with Gasteiger partial charge in [0.05, 0.1) is 12.3 Å². The van der Waals surface area contributed by atoms with Crippen LogP contribution in [0.5, 0.6) is 0 Å². The Balaban J connectivity index is 1.91. The molecule has 1 aliphatic rings. The highest BCUT2D eigenvalue weighted by Crippen LogP contribution is 2.15. The van der Waals surface area contributed by atoms with Gasteiger partial charge in [-0.25, -0.2) is 4.98 Å². The normalized spacial score (nSPS) is 18.9. The minimum Gasteiger partial charge on any atom is -0.383 e. The van der Waals surface area contributed by atoms with E-state index in [0.29, 0.717) is 12.5 Å². The van der Waals surface area contributed by atoms with E-state index in [1.54, 1.807) is 7.11 Å². The van der Waals surface area contributed by atoms with Crippen LogP contribution in [0.2, 0.25) is 0 Å². The van der Waals surface area contributed by atoms with Crippen LogP contribution in [0.25, 0.3) is 0 Å². The van der Waals surface area contributed by atoms with Gasteiger partial charge in [0.25, 0.3) is 0 Å². The third-order valence-corrected chi connectivity index (χ3v) is 3.97. The molecule has 2 unspecified atom stereocenters. The molecule has 0 amide bonds. The maximum Gasteiger partial charge on any atom is 0.203 e. The van der Waals surface area contributed by atoms with Crippen LogP contribution >= 0.6 is 0 Å². The van der Waals surface area contributed by atoms with Crippen LogP contribution in [-0.4, -0.2) is 53.8 Å². The summed E-state index contributed by atoms with van der Waals surface area (Å²) in [7, 11) is 1.73. The van der Waals surface area contributed by atoms with E-state index < -0.39 is 0 Å². The number of hydrogen-bond donors (Lipinski definition) is 1. The number of methoxy groups -OCH3 is 1. The Hall–Kier alpha value is -1.07. The topological polar surface area (TPSA) is 42.3 Å². The van der Waals surface area contributed by atoms with Crippen molar-refractivity contribution in [2.24, 2.45) is 5.92 Å². The minimum absolute atomic E-state index is 0.268. The largest absolute Gasteiger partial charge is 0.383 e. The van der Waals surface area contributed by atoms with E-state index in [-0.39, 0.29) is 6.04 Å². The van der Waals surface area contributed by atoms with E-state index >= 15 is 0 Å². The summed E-state index contributed by atoms with van der Waals surface area (Å²) in [5.41, 5.74) is 1.07. The van der Waals surface area contributed by atoms with Gasteiger partial charge < -0.3 is 19.5 Å². The number of rotatable bonds is 8. The molecule has 21 heavy (non-hydrogen) atoms. The molecule has 0 spiro atoms. The Labute approximate surface area is 128 Å². The average molecular weight is 294 g/mol. The van der Waals surface area contributed by atoms with Crippen LogP contribution in [-0.2, 0) is 11.3 Å². The smallest absolute Gasteiger partial charge is 0.203 e. The number of aromatic nitrogens is 2. The third-order valence-electron chi connectivity index (χ3n) is 3.97. The molecule has 5 nitrogen and oxygen atoms in total. The van der Waals surface area contributed by atoms with Crippen LogP contribution < -0.4 is 5.32 Å². The molecule has 1 N–H and O–H groups in total. The van der Waals surface area contributed by atoms with Crippen molar-refractivity contribution in [3.63, 3.8) is 0 Å². The molecule has 1 aliphatic heterocycles. The molecule has 0 aliphatic carbocycles. The van der Waals surface area contributed by atoms with E-state index in [1.165, 1.54) is 32.5 Å². The van der Waals surface area contributed by atoms with Gasteiger partial charge in [-0.05, 0) is 45.7 Å². The molecular weight excluding hydrogens is 264 g/mol. The molecule has 2 rings (SSSR count). The van der Waals surface area contributed by atoms with Gasteiger partial charge in [0, 0.05) is 32.4 Å². The zero-order valence-corrected chi connectivity index (χ0v) is 13.9. The summed E-state index contributed by atoms with van der Waals surface area (Å²) in [4.78, 5) is 7.18. The highest BCUT2D eigenvalue weighted by molar-refractivity contribution is 5.30. The second-order valence-electron chi connectivity index (χ2n) is 6.47. The zero-order chi connectivity index (χ0) is 15.2. The summed E-state index contributed by atoms with van der Waals surface area (Å²) < 4.78 is 7.44. The fraction of sp³-hybridized carbons (Fsp3) is 0.812. The number of nitrogens with zero attached hydrogens (tertiary/aromatic N) is 3. The molecule has 120 valence electrons. The molecule has 0 saturated carbocycles. The van der Waals surface area contributed by atoms with Crippen molar-refractivity contribution < 1.29 is 4.74 Å². The van der Waals surface area contributed by atoms with Gasteiger partial charge in [-0.3, -0.25) is 0 Å². The molecule has 1 fully saturated rings. The Morgan fingerprint density at radius 1 is 1.29 bits per heavy atom. The van der Waals surface area contributed by atoms with Gasteiger partial charge in [-0.2, -0.15) is 0 Å². The minimum atomic E-state index is 0.268. The summed E-state index contributed by atoms with van der Waals surface area (Å²) in [6, 6.07) is 0.268. The predicted molar refractivity (Wildman–Crippen MR) is 86.8 cm³/mol. The van der Waals surface area contributed by atoms with Crippen molar-refractivity contribution in [2.45, 2.75) is 46.2 Å². The first-order valence-electron chi connectivity index (χ1n) is 8.10. The molecule has 0 aromatic carbocycles. The van der Waals surface area contributed by atoms with Gasteiger partial charge >= 0.3 is 0 Å². The first-order chi connectivity index (χ1) is 10.1. The van der Waals surface area contributed by atoms with Gasteiger partial charge in [0.15, 0.2) is 0 Å². The second-order valence-corrected chi connectivity index (χ2v) is 6.47. The SMILES string of the molecule is COCC(C)Nc1nc(C)cn1CC(C)CN1CCCC1. The van der Waals surface area contributed by atoms with Crippen molar-refractivity contribution in [3.8, 4) is 0 Å². The maximum atomic E-state index is 5.19.